The fourth-order valence-electron chi connectivity index (χ4n) is 0.946. The summed E-state index contributed by atoms with van der Waals surface area (Å²) in [5.74, 6) is 0. The van der Waals surface area contributed by atoms with Crippen molar-refractivity contribution in [2.75, 3.05) is 5.73 Å². The van der Waals surface area contributed by atoms with E-state index in [1.807, 2.05) is 0 Å². The van der Waals surface area contributed by atoms with Crippen molar-refractivity contribution in [3.05, 3.63) is 28.8 Å². The van der Waals surface area contributed by atoms with E-state index in [0.717, 1.165) is 0 Å². The van der Waals surface area contributed by atoms with Crippen molar-refractivity contribution in [2.45, 2.75) is 12.6 Å². The molecule has 1 rings (SSSR count). The van der Waals surface area contributed by atoms with E-state index in [4.69, 9.17) is 17.3 Å². The van der Waals surface area contributed by atoms with Crippen LogP contribution in [0, 0.1) is 0 Å². The van der Waals surface area contributed by atoms with Gasteiger partial charge in [0.1, 0.15) is 0 Å². The van der Waals surface area contributed by atoms with Crippen LogP contribution in [0.3, 0.4) is 0 Å². The van der Waals surface area contributed by atoms with Crippen molar-refractivity contribution >= 4 is 17.3 Å². The van der Waals surface area contributed by atoms with E-state index in [1.165, 1.54) is 18.2 Å². The molecule has 0 aliphatic heterocycles. The van der Waals surface area contributed by atoms with Crippen LogP contribution < -0.4 is 5.73 Å². The van der Waals surface area contributed by atoms with E-state index >= 15 is 0 Å². The first-order chi connectivity index (χ1) is 5.88. The molecule has 1 aromatic carbocycles. The van der Waals surface area contributed by atoms with Gasteiger partial charge in [0.25, 0.3) is 0 Å². The summed E-state index contributed by atoms with van der Waals surface area (Å²) in [5.41, 5.74) is 5.61. The Hall–Kier alpha value is -0.900. The summed E-state index contributed by atoms with van der Waals surface area (Å²) < 4.78 is 35.9. The highest BCUT2D eigenvalue weighted by Crippen LogP contribution is 2.27. The highest BCUT2D eigenvalue weighted by Gasteiger charge is 2.28. The average Bonchev–Trinajstić information content (AvgIpc) is 1.94. The number of nitrogens with two attached hydrogens (primary N) is 1. The molecule has 0 amide bonds. The zero-order valence-electron chi connectivity index (χ0n) is 6.53. The lowest BCUT2D eigenvalue weighted by Crippen LogP contribution is -2.12. The molecule has 0 saturated heterocycles. The molecular weight excluding hydrogens is 203 g/mol. The van der Waals surface area contributed by atoms with E-state index in [2.05, 4.69) is 0 Å². The minimum absolute atomic E-state index is 0.00849. The molecule has 0 fully saturated rings. The molecule has 1 aromatic rings. The first kappa shape index (κ1) is 10.2. The maximum absolute atomic E-state index is 12.0. The number of rotatable bonds is 1. The predicted molar refractivity (Wildman–Crippen MR) is 45.6 cm³/mol. The summed E-state index contributed by atoms with van der Waals surface area (Å²) in [6.45, 7) is 0. The van der Waals surface area contributed by atoms with Crippen molar-refractivity contribution in [1.82, 2.24) is 0 Å². The van der Waals surface area contributed by atoms with E-state index in [1.54, 1.807) is 0 Å². The van der Waals surface area contributed by atoms with Crippen LogP contribution >= 0.6 is 11.6 Å². The van der Waals surface area contributed by atoms with Gasteiger partial charge in [0, 0.05) is 10.7 Å². The van der Waals surface area contributed by atoms with Crippen LogP contribution in [0.5, 0.6) is 0 Å². The smallest absolute Gasteiger partial charge is 0.393 e. The second kappa shape index (κ2) is 3.46. The van der Waals surface area contributed by atoms with Gasteiger partial charge in [0.15, 0.2) is 0 Å². The number of hydrogen-bond donors (Lipinski definition) is 1. The zero-order chi connectivity index (χ0) is 10.1. The van der Waals surface area contributed by atoms with Crippen molar-refractivity contribution in [3.8, 4) is 0 Å². The topological polar surface area (TPSA) is 26.0 Å². The summed E-state index contributed by atoms with van der Waals surface area (Å²) in [6.07, 6.45) is -5.30. The van der Waals surface area contributed by atoms with Gasteiger partial charge in [-0.15, -0.1) is 0 Å². The fraction of sp³-hybridized carbons (Fsp3) is 0.250. The maximum atomic E-state index is 12.0. The Labute approximate surface area is 78.3 Å². The van der Waals surface area contributed by atoms with Crippen LogP contribution in [0.2, 0.25) is 5.02 Å². The molecule has 0 bridgehead atoms. The molecule has 0 aromatic heterocycles. The second-order valence-electron chi connectivity index (χ2n) is 2.64. The molecule has 0 heterocycles. The van der Waals surface area contributed by atoms with Gasteiger partial charge in [0.05, 0.1) is 6.42 Å². The predicted octanol–water partition coefficient (Wildman–Crippen LogP) is 3.03. The highest BCUT2D eigenvalue weighted by molar-refractivity contribution is 6.31. The Morgan fingerprint density at radius 3 is 2.46 bits per heavy atom. The Balaban J connectivity index is 2.94. The molecule has 0 radical (unpaired) electrons. The van der Waals surface area contributed by atoms with Crippen molar-refractivity contribution in [3.63, 3.8) is 0 Å². The van der Waals surface area contributed by atoms with Gasteiger partial charge >= 0.3 is 6.18 Å². The quantitative estimate of drug-likeness (QED) is 0.707. The summed E-state index contributed by atoms with van der Waals surface area (Å²) in [7, 11) is 0. The molecule has 0 atom stereocenters. The molecule has 0 spiro atoms. The summed E-state index contributed by atoms with van der Waals surface area (Å²) in [5, 5.41) is 0.0894. The Bertz CT molecular complexity index is 309. The number of nitrogen functional groups attached to an aromatic ring is 1. The van der Waals surface area contributed by atoms with Gasteiger partial charge in [-0.05, 0) is 23.8 Å². The van der Waals surface area contributed by atoms with Crippen LogP contribution in [-0.4, -0.2) is 6.18 Å². The van der Waals surface area contributed by atoms with E-state index < -0.39 is 12.6 Å². The van der Waals surface area contributed by atoms with Crippen molar-refractivity contribution in [1.29, 1.82) is 0 Å². The summed E-state index contributed by atoms with van der Waals surface area (Å²) in [4.78, 5) is 0. The van der Waals surface area contributed by atoms with Crippen LogP contribution in [0.4, 0.5) is 18.9 Å². The maximum Gasteiger partial charge on any atom is 0.393 e. The zero-order valence-corrected chi connectivity index (χ0v) is 7.28. The molecule has 72 valence electrons. The number of halogens is 4. The van der Waals surface area contributed by atoms with Crippen LogP contribution in [0.1, 0.15) is 5.56 Å². The monoisotopic (exact) mass is 209 g/mol. The SMILES string of the molecule is Nc1ccc(Cl)c(CC(F)(F)F)c1. The van der Waals surface area contributed by atoms with E-state index in [0.29, 0.717) is 0 Å². The van der Waals surface area contributed by atoms with Gasteiger partial charge in [0.2, 0.25) is 0 Å². The molecule has 1 nitrogen and oxygen atoms in total. The minimum atomic E-state index is -4.25. The van der Waals surface area contributed by atoms with Crippen LogP contribution in [-0.2, 0) is 6.42 Å². The van der Waals surface area contributed by atoms with Gasteiger partial charge < -0.3 is 5.73 Å². The average molecular weight is 210 g/mol. The summed E-state index contributed by atoms with van der Waals surface area (Å²) >= 11 is 5.55. The molecular formula is C8H7ClF3N. The van der Waals surface area contributed by atoms with E-state index in [9.17, 15) is 13.2 Å². The lowest BCUT2D eigenvalue weighted by atomic mass is 10.1. The number of benzene rings is 1. The Morgan fingerprint density at radius 1 is 1.31 bits per heavy atom. The van der Waals surface area contributed by atoms with Crippen molar-refractivity contribution in [2.24, 2.45) is 0 Å². The number of alkyl halides is 3. The highest BCUT2D eigenvalue weighted by atomic mass is 35.5. The molecule has 2 N–H and O–H groups in total. The largest absolute Gasteiger partial charge is 0.399 e. The molecule has 0 aliphatic carbocycles. The van der Waals surface area contributed by atoms with Gasteiger partial charge in [-0.1, -0.05) is 11.6 Å². The normalized spacial score (nSPS) is 11.7. The standard InChI is InChI=1S/C8H7ClF3N/c9-7-2-1-6(13)3-5(7)4-8(10,11)12/h1-3H,4,13H2. The Morgan fingerprint density at radius 2 is 1.92 bits per heavy atom. The van der Waals surface area contributed by atoms with Crippen LogP contribution in [0.25, 0.3) is 0 Å². The lowest BCUT2D eigenvalue weighted by molar-refractivity contribution is -0.127. The minimum Gasteiger partial charge on any atom is -0.399 e. The molecule has 13 heavy (non-hydrogen) atoms. The van der Waals surface area contributed by atoms with Gasteiger partial charge in [-0.2, -0.15) is 13.2 Å². The molecule has 0 aliphatic rings. The van der Waals surface area contributed by atoms with Gasteiger partial charge in [-0.3, -0.25) is 0 Å². The third-order valence-corrected chi connectivity index (χ3v) is 1.83. The number of anilines is 1. The number of hydrogen-bond acceptors (Lipinski definition) is 1. The first-order valence-corrected chi connectivity index (χ1v) is 3.87. The van der Waals surface area contributed by atoms with Gasteiger partial charge in [-0.25, -0.2) is 0 Å². The molecule has 0 saturated carbocycles. The Kier molecular flexibility index (Phi) is 2.71. The first-order valence-electron chi connectivity index (χ1n) is 3.49. The lowest BCUT2D eigenvalue weighted by Gasteiger charge is -2.08. The second-order valence-corrected chi connectivity index (χ2v) is 3.05. The molecule has 5 heteroatoms. The van der Waals surface area contributed by atoms with E-state index in [-0.39, 0.29) is 16.3 Å². The van der Waals surface area contributed by atoms with Crippen molar-refractivity contribution < 1.29 is 13.2 Å². The fourth-order valence-corrected chi connectivity index (χ4v) is 1.13. The van der Waals surface area contributed by atoms with Crippen LogP contribution in [0.15, 0.2) is 18.2 Å². The third kappa shape index (κ3) is 3.14. The third-order valence-electron chi connectivity index (χ3n) is 1.46. The summed E-state index contributed by atoms with van der Waals surface area (Å²) in [6, 6.07) is 4.05. The molecule has 0 unspecified atom stereocenters.